The average molecular weight is 228 g/mol. The van der Waals surface area contributed by atoms with Crippen molar-refractivity contribution in [1.29, 1.82) is 0 Å². The lowest BCUT2D eigenvalue weighted by Crippen LogP contribution is -2.00. The lowest BCUT2D eigenvalue weighted by molar-refractivity contribution is 0.290. The number of aliphatic hydroxyl groups excluding tert-OH is 1. The van der Waals surface area contributed by atoms with Crippen LogP contribution in [0.2, 0.25) is 0 Å². The van der Waals surface area contributed by atoms with Crippen molar-refractivity contribution in [3.63, 3.8) is 0 Å². The lowest BCUT2D eigenvalue weighted by Gasteiger charge is -2.17. The second-order valence-corrected chi connectivity index (χ2v) is 3.34. The number of hydrogen-bond acceptors (Lipinski definition) is 5. The monoisotopic (exact) mass is 228 g/mol. The summed E-state index contributed by atoms with van der Waals surface area (Å²) in [6, 6.07) is 0. The van der Waals surface area contributed by atoms with Gasteiger partial charge in [-0.3, -0.25) is 0 Å². The van der Waals surface area contributed by atoms with Crippen molar-refractivity contribution in [2.75, 3.05) is 20.8 Å². The normalized spacial score (nSPS) is 10.2. The van der Waals surface area contributed by atoms with Gasteiger partial charge in [-0.15, -0.1) is 0 Å². The van der Waals surface area contributed by atoms with Gasteiger partial charge < -0.3 is 24.8 Å². The first-order valence-electron chi connectivity index (χ1n) is 4.84. The van der Waals surface area contributed by atoms with E-state index < -0.39 is 0 Å². The van der Waals surface area contributed by atoms with Crippen LogP contribution in [0, 0.1) is 6.92 Å². The summed E-state index contributed by atoms with van der Waals surface area (Å²) in [5.41, 5.74) is 0.932. The van der Waals surface area contributed by atoms with Crippen LogP contribution in [0.5, 0.6) is 23.0 Å². The Kier molecular flexibility index (Phi) is 3.84. The molecule has 0 spiro atoms. The SMILES string of the molecule is COc1c(O)c(C)c(CCO)c(O)c1OC. The number of hydrogen-bond donors (Lipinski definition) is 3. The standard InChI is InChI=1S/C11H16O5/c1-6-7(4-5-12)9(14)11(16-3)10(15-2)8(6)13/h12-14H,4-5H2,1-3H3. The first-order valence-corrected chi connectivity index (χ1v) is 4.84. The fraction of sp³-hybridized carbons (Fsp3) is 0.455. The quantitative estimate of drug-likeness (QED) is 0.669. The van der Waals surface area contributed by atoms with Gasteiger partial charge in [0.05, 0.1) is 14.2 Å². The maximum atomic E-state index is 9.91. The first kappa shape index (κ1) is 12.4. The molecule has 0 aliphatic carbocycles. The summed E-state index contributed by atoms with van der Waals surface area (Å²) < 4.78 is 9.94. The zero-order valence-corrected chi connectivity index (χ0v) is 9.57. The third kappa shape index (κ3) is 1.86. The molecule has 5 nitrogen and oxygen atoms in total. The Balaban J connectivity index is 3.49. The molecule has 0 unspecified atom stereocenters. The predicted octanol–water partition coefficient (Wildman–Crippen LogP) is 0.958. The van der Waals surface area contributed by atoms with Crippen molar-refractivity contribution < 1.29 is 24.8 Å². The van der Waals surface area contributed by atoms with E-state index in [2.05, 4.69) is 0 Å². The van der Waals surface area contributed by atoms with Crippen LogP contribution in [-0.4, -0.2) is 36.1 Å². The topological polar surface area (TPSA) is 79.2 Å². The summed E-state index contributed by atoms with van der Waals surface area (Å²) in [6.07, 6.45) is 0.242. The van der Waals surface area contributed by atoms with Gasteiger partial charge in [-0.2, -0.15) is 0 Å². The minimum Gasteiger partial charge on any atom is -0.504 e. The zero-order valence-electron chi connectivity index (χ0n) is 9.57. The fourth-order valence-electron chi connectivity index (χ4n) is 1.64. The average Bonchev–Trinajstić information content (AvgIpc) is 2.29. The van der Waals surface area contributed by atoms with Crippen LogP contribution < -0.4 is 9.47 Å². The molecule has 1 aromatic rings. The van der Waals surface area contributed by atoms with E-state index in [4.69, 9.17) is 14.6 Å². The molecule has 0 radical (unpaired) electrons. The molecule has 0 bridgehead atoms. The molecule has 0 heterocycles. The van der Waals surface area contributed by atoms with Gasteiger partial charge in [-0.05, 0) is 13.3 Å². The minimum atomic E-state index is -0.122. The molecule has 1 aromatic carbocycles. The Morgan fingerprint density at radius 2 is 1.50 bits per heavy atom. The Hall–Kier alpha value is -1.62. The van der Waals surface area contributed by atoms with Gasteiger partial charge in [-0.1, -0.05) is 0 Å². The molecule has 16 heavy (non-hydrogen) atoms. The van der Waals surface area contributed by atoms with Crippen LogP contribution >= 0.6 is 0 Å². The maximum absolute atomic E-state index is 9.91. The molecule has 0 fully saturated rings. The fourth-order valence-corrected chi connectivity index (χ4v) is 1.64. The molecule has 0 aliphatic heterocycles. The minimum absolute atomic E-state index is 0.0778. The van der Waals surface area contributed by atoms with Gasteiger partial charge in [0, 0.05) is 17.7 Å². The van der Waals surface area contributed by atoms with Crippen LogP contribution in [0.15, 0.2) is 0 Å². The van der Waals surface area contributed by atoms with Gasteiger partial charge in [-0.25, -0.2) is 0 Å². The highest BCUT2D eigenvalue weighted by Gasteiger charge is 2.22. The van der Waals surface area contributed by atoms with Crippen molar-refractivity contribution in [2.45, 2.75) is 13.3 Å². The van der Waals surface area contributed by atoms with Crippen molar-refractivity contribution in [3.8, 4) is 23.0 Å². The van der Waals surface area contributed by atoms with E-state index in [9.17, 15) is 10.2 Å². The number of aliphatic hydroxyl groups is 1. The number of phenolic OH excluding ortho intramolecular Hbond substituents is 2. The summed E-state index contributed by atoms with van der Waals surface area (Å²) in [5, 5.41) is 28.6. The number of benzene rings is 1. The smallest absolute Gasteiger partial charge is 0.207 e. The molecular formula is C11H16O5. The largest absolute Gasteiger partial charge is 0.504 e. The molecule has 0 saturated carbocycles. The zero-order chi connectivity index (χ0) is 12.3. The van der Waals surface area contributed by atoms with E-state index in [0.29, 0.717) is 11.1 Å². The number of aromatic hydroxyl groups is 2. The second kappa shape index (κ2) is 4.94. The second-order valence-electron chi connectivity index (χ2n) is 3.34. The Morgan fingerprint density at radius 1 is 1.00 bits per heavy atom. The van der Waals surface area contributed by atoms with Gasteiger partial charge in [0.1, 0.15) is 0 Å². The van der Waals surface area contributed by atoms with E-state index in [1.54, 1.807) is 6.92 Å². The summed E-state index contributed by atoms with van der Waals surface area (Å²) in [4.78, 5) is 0. The van der Waals surface area contributed by atoms with E-state index in [-0.39, 0.29) is 36.0 Å². The number of phenols is 2. The number of ether oxygens (including phenoxy) is 2. The molecule has 0 aromatic heterocycles. The van der Waals surface area contributed by atoms with Crippen molar-refractivity contribution in [3.05, 3.63) is 11.1 Å². The highest BCUT2D eigenvalue weighted by Crippen LogP contribution is 2.48. The summed E-state index contributed by atoms with van der Waals surface area (Å²) >= 11 is 0. The predicted molar refractivity (Wildman–Crippen MR) is 58.4 cm³/mol. The van der Waals surface area contributed by atoms with Crippen LogP contribution in [-0.2, 0) is 6.42 Å². The molecule has 0 atom stereocenters. The Morgan fingerprint density at radius 3 is 1.94 bits per heavy atom. The Labute approximate surface area is 93.9 Å². The van der Waals surface area contributed by atoms with Crippen molar-refractivity contribution in [1.82, 2.24) is 0 Å². The third-order valence-electron chi connectivity index (χ3n) is 2.50. The summed E-state index contributed by atoms with van der Waals surface area (Å²) in [6.45, 7) is 1.52. The van der Waals surface area contributed by atoms with Gasteiger partial charge in [0.2, 0.25) is 11.5 Å². The first-order chi connectivity index (χ1) is 7.58. The highest BCUT2D eigenvalue weighted by atomic mass is 16.5. The van der Waals surface area contributed by atoms with Gasteiger partial charge in [0.25, 0.3) is 0 Å². The lowest BCUT2D eigenvalue weighted by atomic mass is 10.0. The molecule has 0 saturated heterocycles. The van der Waals surface area contributed by atoms with Crippen LogP contribution in [0.4, 0.5) is 0 Å². The summed E-state index contributed by atoms with van der Waals surface area (Å²) in [7, 11) is 2.75. The van der Waals surface area contributed by atoms with E-state index in [0.717, 1.165) is 0 Å². The van der Waals surface area contributed by atoms with E-state index in [1.165, 1.54) is 14.2 Å². The Bertz CT molecular complexity index is 387. The molecule has 5 heteroatoms. The number of methoxy groups -OCH3 is 2. The maximum Gasteiger partial charge on any atom is 0.207 e. The molecule has 1 rings (SSSR count). The van der Waals surface area contributed by atoms with E-state index >= 15 is 0 Å². The molecule has 3 N–H and O–H groups in total. The molecule has 0 amide bonds. The van der Waals surface area contributed by atoms with E-state index in [1.807, 2.05) is 0 Å². The van der Waals surface area contributed by atoms with Gasteiger partial charge >= 0.3 is 0 Å². The third-order valence-corrected chi connectivity index (χ3v) is 2.50. The number of rotatable bonds is 4. The van der Waals surface area contributed by atoms with Crippen LogP contribution in [0.1, 0.15) is 11.1 Å². The van der Waals surface area contributed by atoms with Crippen LogP contribution in [0.3, 0.4) is 0 Å². The van der Waals surface area contributed by atoms with Gasteiger partial charge in [0.15, 0.2) is 11.5 Å². The van der Waals surface area contributed by atoms with Crippen molar-refractivity contribution in [2.24, 2.45) is 0 Å². The summed E-state index contributed by atoms with van der Waals surface area (Å²) in [5.74, 6) is -0.0162. The molecular weight excluding hydrogens is 212 g/mol. The molecule has 0 aliphatic rings. The van der Waals surface area contributed by atoms with Crippen molar-refractivity contribution >= 4 is 0 Å². The molecule has 90 valence electrons. The highest BCUT2D eigenvalue weighted by molar-refractivity contribution is 5.65. The van der Waals surface area contributed by atoms with Crippen LogP contribution in [0.25, 0.3) is 0 Å².